The second-order valence-electron chi connectivity index (χ2n) is 2.77. The van der Waals surface area contributed by atoms with E-state index in [9.17, 15) is 0 Å². The molecule has 0 radical (unpaired) electrons. The van der Waals surface area contributed by atoms with Crippen LogP contribution in [-0.4, -0.2) is 13.7 Å². The number of nitrogens with zero attached hydrogens (tertiary/aromatic N) is 1. The largest absolute Gasteiger partial charge is 0.495 e. The summed E-state index contributed by atoms with van der Waals surface area (Å²) in [6, 6.07) is 7.44. The van der Waals surface area contributed by atoms with Crippen molar-refractivity contribution in [2.45, 2.75) is 6.92 Å². The standard InChI is InChI=1S/C12H12N2O/c1-3-4-8-14-12-10(9-13)6-5-7-11(12)15-2/h5-7,14H,8H2,1-2H3. The Labute approximate surface area is 89.7 Å². The first-order chi connectivity index (χ1) is 7.33. The van der Waals surface area contributed by atoms with Gasteiger partial charge in [-0.15, -0.1) is 5.92 Å². The average molecular weight is 200 g/mol. The monoisotopic (exact) mass is 200 g/mol. The number of methoxy groups -OCH3 is 1. The molecule has 1 aromatic rings. The number of hydrogen-bond acceptors (Lipinski definition) is 3. The fourth-order valence-corrected chi connectivity index (χ4v) is 1.20. The summed E-state index contributed by atoms with van der Waals surface area (Å²) in [4.78, 5) is 0. The lowest BCUT2D eigenvalue weighted by molar-refractivity contribution is 0.416. The summed E-state index contributed by atoms with van der Waals surface area (Å²) in [6.45, 7) is 2.28. The molecule has 0 heterocycles. The van der Waals surface area contributed by atoms with Gasteiger partial charge in [0.1, 0.15) is 11.8 Å². The van der Waals surface area contributed by atoms with Crippen LogP contribution in [0.15, 0.2) is 18.2 Å². The molecule has 0 saturated carbocycles. The van der Waals surface area contributed by atoms with Crippen molar-refractivity contribution in [1.29, 1.82) is 5.26 Å². The fraction of sp³-hybridized carbons (Fsp3) is 0.250. The maximum absolute atomic E-state index is 8.91. The molecule has 0 spiro atoms. The number of nitrogens with one attached hydrogen (secondary N) is 1. The van der Waals surface area contributed by atoms with Crippen molar-refractivity contribution in [3.8, 4) is 23.7 Å². The summed E-state index contributed by atoms with van der Waals surface area (Å²) in [5.74, 6) is 6.31. The molecule has 3 heteroatoms. The number of ether oxygens (including phenoxy) is 1. The van der Waals surface area contributed by atoms with Gasteiger partial charge in [0, 0.05) is 0 Å². The smallest absolute Gasteiger partial charge is 0.143 e. The number of hydrogen-bond donors (Lipinski definition) is 1. The lowest BCUT2D eigenvalue weighted by atomic mass is 10.2. The molecule has 3 nitrogen and oxygen atoms in total. The van der Waals surface area contributed by atoms with Crippen LogP contribution in [0.3, 0.4) is 0 Å². The van der Waals surface area contributed by atoms with E-state index in [4.69, 9.17) is 10.00 Å². The van der Waals surface area contributed by atoms with Crippen molar-refractivity contribution >= 4 is 5.69 Å². The van der Waals surface area contributed by atoms with E-state index in [1.807, 2.05) is 6.07 Å². The minimum absolute atomic E-state index is 0.506. The summed E-state index contributed by atoms with van der Waals surface area (Å²) >= 11 is 0. The minimum Gasteiger partial charge on any atom is -0.495 e. The van der Waals surface area contributed by atoms with Crippen LogP contribution in [0.5, 0.6) is 5.75 Å². The van der Waals surface area contributed by atoms with Gasteiger partial charge in [-0.25, -0.2) is 0 Å². The van der Waals surface area contributed by atoms with Gasteiger partial charge >= 0.3 is 0 Å². The molecular formula is C12H12N2O. The predicted molar refractivity (Wildman–Crippen MR) is 59.6 cm³/mol. The Morgan fingerprint density at radius 3 is 2.87 bits per heavy atom. The van der Waals surface area contributed by atoms with E-state index in [0.29, 0.717) is 23.5 Å². The summed E-state index contributed by atoms with van der Waals surface area (Å²) in [7, 11) is 1.58. The normalized spacial score (nSPS) is 8.33. The van der Waals surface area contributed by atoms with Crippen LogP contribution in [0, 0.1) is 23.2 Å². The van der Waals surface area contributed by atoms with Gasteiger partial charge in [-0.1, -0.05) is 12.0 Å². The number of benzene rings is 1. The molecule has 0 aliphatic rings. The average Bonchev–Trinajstić information content (AvgIpc) is 2.29. The first-order valence-corrected chi connectivity index (χ1v) is 4.54. The van der Waals surface area contributed by atoms with Gasteiger partial charge < -0.3 is 10.1 Å². The molecule has 0 aliphatic carbocycles. The second kappa shape index (κ2) is 5.57. The van der Waals surface area contributed by atoms with E-state index < -0.39 is 0 Å². The zero-order valence-electron chi connectivity index (χ0n) is 8.79. The third-order valence-corrected chi connectivity index (χ3v) is 1.90. The zero-order chi connectivity index (χ0) is 11.1. The number of nitriles is 1. The molecule has 1 N–H and O–H groups in total. The van der Waals surface area contributed by atoms with Gasteiger partial charge in [0.15, 0.2) is 0 Å². The number of anilines is 1. The second-order valence-corrected chi connectivity index (χ2v) is 2.77. The Hall–Kier alpha value is -2.13. The highest BCUT2D eigenvalue weighted by atomic mass is 16.5. The predicted octanol–water partition coefficient (Wildman–Crippen LogP) is 2.00. The van der Waals surface area contributed by atoms with E-state index in [-0.39, 0.29) is 0 Å². The van der Waals surface area contributed by atoms with Crippen LogP contribution >= 0.6 is 0 Å². The van der Waals surface area contributed by atoms with Gasteiger partial charge in [-0.3, -0.25) is 0 Å². The molecule has 0 aromatic heterocycles. The van der Waals surface area contributed by atoms with Gasteiger partial charge in [0.05, 0.1) is 24.9 Å². The van der Waals surface area contributed by atoms with Crippen LogP contribution in [-0.2, 0) is 0 Å². The highest BCUT2D eigenvalue weighted by Crippen LogP contribution is 2.27. The van der Waals surface area contributed by atoms with Gasteiger partial charge in [0.25, 0.3) is 0 Å². The molecule has 76 valence electrons. The maximum Gasteiger partial charge on any atom is 0.143 e. The molecule has 0 amide bonds. The fourth-order valence-electron chi connectivity index (χ4n) is 1.20. The lowest BCUT2D eigenvalue weighted by Gasteiger charge is -2.10. The van der Waals surface area contributed by atoms with Gasteiger partial charge in [-0.05, 0) is 19.1 Å². The number of para-hydroxylation sites is 1. The first kappa shape index (κ1) is 10.9. The van der Waals surface area contributed by atoms with E-state index in [1.165, 1.54) is 0 Å². The SMILES string of the molecule is CC#CCNc1c(C#N)cccc1OC. The van der Waals surface area contributed by atoms with Crippen molar-refractivity contribution in [2.24, 2.45) is 0 Å². The van der Waals surface area contributed by atoms with Crippen molar-refractivity contribution in [2.75, 3.05) is 19.0 Å². The summed E-state index contributed by atoms with van der Waals surface area (Å²) in [5.41, 5.74) is 1.26. The molecule has 1 rings (SSSR count). The third-order valence-electron chi connectivity index (χ3n) is 1.90. The van der Waals surface area contributed by atoms with Crippen LogP contribution in [0.4, 0.5) is 5.69 Å². The quantitative estimate of drug-likeness (QED) is 0.759. The molecule has 0 fully saturated rings. The number of rotatable bonds is 3. The van der Waals surface area contributed by atoms with Crippen LogP contribution < -0.4 is 10.1 Å². The summed E-state index contributed by atoms with van der Waals surface area (Å²) in [5, 5.41) is 12.0. The molecule has 0 atom stereocenters. The zero-order valence-corrected chi connectivity index (χ0v) is 8.79. The Morgan fingerprint density at radius 2 is 2.27 bits per heavy atom. The van der Waals surface area contributed by atoms with Crippen molar-refractivity contribution in [1.82, 2.24) is 0 Å². The first-order valence-electron chi connectivity index (χ1n) is 4.54. The van der Waals surface area contributed by atoms with Crippen molar-refractivity contribution < 1.29 is 4.74 Å². The van der Waals surface area contributed by atoms with E-state index in [0.717, 1.165) is 0 Å². The van der Waals surface area contributed by atoms with Crippen LogP contribution in [0.1, 0.15) is 12.5 Å². The Balaban J connectivity index is 2.99. The summed E-state index contributed by atoms with van der Waals surface area (Å²) < 4.78 is 5.16. The molecule has 0 saturated heterocycles. The molecule has 0 unspecified atom stereocenters. The maximum atomic E-state index is 8.91. The van der Waals surface area contributed by atoms with Crippen molar-refractivity contribution in [3.05, 3.63) is 23.8 Å². The van der Waals surface area contributed by atoms with Crippen LogP contribution in [0.2, 0.25) is 0 Å². The summed E-state index contributed by atoms with van der Waals surface area (Å²) in [6.07, 6.45) is 0. The van der Waals surface area contributed by atoms with Crippen molar-refractivity contribution in [3.63, 3.8) is 0 Å². The highest BCUT2D eigenvalue weighted by molar-refractivity contribution is 5.66. The van der Waals surface area contributed by atoms with Crippen LogP contribution in [0.25, 0.3) is 0 Å². The van der Waals surface area contributed by atoms with E-state index in [2.05, 4.69) is 23.2 Å². The third kappa shape index (κ3) is 2.65. The minimum atomic E-state index is 0.506. The van der Waals surface area contributed by atoms with Gasteiger partial charge in [0.2, 0.25) is 0 Å². The molecule has 15 heavy (non-hydrogen) atoms. The molecular weight excluding hydrogens is 188 g/mol. The highest BCUT2D eigenvalue weighted by Gasteiger charge is 2.06. The Bertz CT molecular complexity index is 435. The van der Waals surface area contributed by atoms with E-state index in [1.54, 1.807) is 26.2 Å². The molecule has 0 bridgehead atoms. The van der Waals surface area contributed by atoms with E-state index >= 15 is 0 Å². The van der Waals surface area contributed by atoms with Gasteiger partial charge in [-0.2, -0.15) is 5.26 Å². The molecule has 0 aliphatic heterocycles. The Morgan fingerprint density at radius 1 is 1.47 bits per heavy atom. The lowest BCUT2D eigenvalue weighted by Crippen LogP contribution is -2.03. The Kier molecular flexibility index (Phi) is 4.06. The topological polar surface area (TPSA) is 45.0 Å². The molecule has 1 aromatic carbocycles.